The number of hydrogen-bond donors (Lipinski definition) is 0. The molecule has 0 radical (unpaired) electrons. The van der Waals surface area contributed by atoms with Gasteiger partial charge in [-0.15, -0.1) is 0 Å². The third-order valence-corrected chi connectivity index (χ3v) is 2.67. The highest BCUT2D eigenvalue weighted by atomic mass is 16.6. The molecule has 102 valence electrons. The summed E-state index contributed by atoms with van der Waals surface area (Å²) >= 11 is 0. The van der Waals surface area contributed by atoms with Crippen LogP contribution in [0.3, 0.4) is 0 Å². The molecule has 1 aromatic heterocycles. The minimum Gasteiger partial charge on any atom is -0.324 e. The molecule has 1 aromatic carbocycles. The maximum absolute atomic E-state index is 11.0. The Morgan fingerprint density at radius 1 is 1.25 bits per heavy atom. The third-order valence-electron chi connectivity index (χ3n) is 2.67. The van der Waals surface area contributed by atoms with E-state index in [1.54, 1.807) is 0 Å². The van der Waals surface area contributed by atoms with Gasteiger partial charge >= 0.3 is 0 Å². The minimum absolute atomic E-state index is 0.0301. The average Bonchev–Trinajstić information content (AvgIpc) is 2.85. The van der Waals surface area contributed by atoms with Gasteiger partial charge in [-0.05, 0) is 6.07 Å². The number of benzene rings is 1. The van der Waals surface area contributed by atoms with E-state index in [1.165, 1.54) is 29.1 Å². The van der Waals surface area contributed by atoms with E-state index < -0.39 is 9.85 Å². The number of rotatable bonds is 5. The number of imidazole rings is 1. The van der Waals surface area contributed by atoms with Crippen molar-refractivity contribution in [1.29, 1.82) is 0 Å². The Hall–Kier alpha value is -3.10. The fourth-order valence-electron chi connectivity index (χ4n) is 1.73. The number of aromatic nitrogens is 2. The second-order valence-electron chi connectivity index (χ2n) is 3.86. The van der Waals surface area contributed by atoms with Crippen molar-refractivity contribution < 1.29 is 14.6 Å². The lowest BCUT2D eigenvalue weighted by atomic mass is 10.1. The van der Waals surface area contributed by atoms with E-state index in [0.717, 1.165) is 6.07 Å². The maximum Gasteiger partial charge on any atom is 0.281 e. The zero-order chi connectivity index (χ0) is 14.7. The lowest BCUT2D eigenvalue weighted by Crippen LogP contribution is -2.06. The Morgan fingerprint density at radius 2 is 2.00 bits per heavy atom. The Morgan fingerprint density at radius 3 is 2.60 bits per heavy atom. The van der Waals surface area contributed by atoms with Gasteiger partial charge in [0.2, 0.25) is 0 Å². The van der Waals surface area contributed by atoms with Gasteiger partial charge < -0.3 is 4.57 Å². The fraction of sp³-hybridized carbons (Fsp3) is 0.0909. The zero-order valence-corrected chi connectivity index (χ0v) is 10.0. The lowest BCUT2D eigenvalue weighted by Gasteiger charge is -2.05. The molecule has 0 aliphatic carbocycles. The highest BCUT2D eigenvalue weighted by Gasteiger charge is 2.20. The van der Waals surface area contributed by atoms with Gasteiger partial charge in [-0.2, -0.15) is 0 Å². The Balaban J connectivity index is 2.43. The van der Waals surface area contributed by atoms with Crippen LogP contribution < -0.4 is 0 Å². The number of nitro groups is 2. The number of nitro benzene ring substituents is 2. The molecule has 0 spiro atoms. The van der Waals surface area contributed by atoms with E-state index in [9.17, 15) is 25.0 Å². The highest BCUT2D eigenvalue weighted by Crippen LogP contribution is 2.25. The topological polar surface area (TPSA) is 121 Å². The molecule has 0 bridgehead atoms. The SMILES string of the molecule is O=Cc1nccn1Cc1ccc([N+](=O)[O-])cc1[N+](=O)[O-]. The predicted octanol–water partition coefficient (Wildman–Crippen LogP) is 1.56. The van der Waals surface area contributed by atoms with Gasteiger partial charge in [-0.25, -0.2) is 4.98 Å². The van der Waals surface area contributed by atoms with E-state index in [0.29, 0.717) is 6.29 Å². The normalized spacial score (nSPS) is 10.2. The predicted molar refractivity (Wildman–Crippen MR) is 66.5 cm³/mol. The highest BCUT2D eigenvalue weighted by molar-refractivity contribution is 5.69. The largest absolute Gasteiger partial charge is 0.324 e. The molecule has 0 N–H and O–H groups in total. The van der Waals surface area contributed by atoms with Crippen LogP contribution in [0, 0.1) is 20.2 Å². The molecule has 20 heavy (non-hydrogen) atoms. The van der Waals surface area contributed by atoms with Gasteiger partial charge in [0.25, 0.3) is 11.4 Å². The van der Waals surface area contributed by atoms with Gasteiger partial charge in [-0.1, -0.05) is 0 Å². The molecular formula is C11H8N4O5. The molecular weight excluding hydrogens is 268 g/mol. The summed E-state index contributed by atoms with van der Waals surface area (Å²) < 4.78 is 1.42. The summed E-state index contributed by atoms with van der Waals surface area (Å²) in [6.07, 6.45) is 3.41. The first kappa shape index (κ1) is 13.3. The average molecular weight is 276 g/mol. The molecule has 0 fully saturated rings. The zero-order valence-electron chi connectivity index (χ0n) is 10.0. The van der Waals surface area contributed by atoms with E-state index in [-0.39, 0.29) is 29.3 Å². The molecule has 0 aliphatic heterocycles. The summed E-state index contributed by atoms with van der Waals surface area (Å²) in [6.45, 7) is 0.0301. The van der Waals surface area contributed by atoms with Gasteiger partial charge in [0.15, 0.2) is 12.1 Å². The molecule has 0 atom stereocenters. The maximum atomic E-state index is 11.0. The summed E-state index contributed by atoms with van der Waals surface area (Å²) in [5, 5.41) is 21.6. The van der Waals surface area contributed by atoms with Gasteiger partial charge in [0, 0.05) is 18.5 Å². The smallest absolute Gasteiger partial charge is 0.281 e. The van der Waals surface area contributed by atoms with Crippen LogP contribution in [0.4, 0.5) is 11.4 Å². The van der Waals surface area contributed by atoms with Crippen LogP contribution in [0.15, 0.2) is 30.6 Å². The number of aldehydes is 1. The van der Waals surface area contributed by atoms with Crippen LogP contribution in [-0.4, -0.2) is 25.7 Å². The van der Waals surface area contributed by atoms with Crippen LogP contribution in [-0.2, 0) is 6.54 Å². The number of carbonyl (C=O) groups is 1. The number of carbonyl (C=O) groups excluding carboxylic acids is 1. The van der Waals surface area contributed by atoms with Gasteiger partial charge in [0.05, 0.1) is 28.0 Å². The second-order valence-corrected chi connectivity index (χ2v) is 3.86. The van der Waals surface area contributed by atoms with Gasteiger partial charge in [0.1, 0.15) is 0 Å². The summed E-state index contributed by atoms with van der Waals surface area (Å²) in [7, 11) is 0. The molecule has 2 rings (SSSR count). The Bertz CT molecular complexity index is 694. The van der Waals surface area contributed by atoms with Crippen molar-refractivity contribution in [2.45, 2.75) is 6.54 Å². The number of hydrogen-bond acceptors (Lipinski definition) is 6. The molecule has 2 aromatic rings. The minimum atomic E-state index is -0.704. The summed E-state index contributed by atoms with van der Waals surface area (Å²) in [5.74, 6) is 0.123. The first-order chi connectivity index (χ1) is 9.52. The number of nitrogens with zero attached hydrogens (tertiary/aromatic N) is 4. The van der Waals surface area contributed by atoms with E-state index in [4.69, 9.17) is 0 Å². The fourth-order valence-corrected chi connectivity index (χ4v) is 1.73. The van der Waals surface area contributed by atoms with Crippen LogP contribution in [0.1, 0.15) is 16.2 Å². The summed E-state index contributed by atoms with van der Waals surface area (Å²) in [6, 6.07) is 3.37. The second kappa shape index (κ2) is 5.26. The van der Waals surface area contributed by atoms with E-state index >= 15 is 0 Å². The van der Waals surface area contributed by atoms with Crippen LogP contribution in [0.25, 0.3) is 0 Å². The third kappa shape index (κ3) is 2.51. The summed E-state index contributed by atoms with van der Waals surface area (Å²) in [5.41, 5.74) is -0.479. The molecule has 9 heteroatoms. The van der Waals surface area contributed by atoms with E-state index in [1.807, 2.05) is 0 Å². The van der Waals surface area contributed by atoms with Crippen LogP contribution in [0.2, 0.25) is 0 Å². The molecule has 0 saturated carbocycles. The molecule has 0 aliphatic rings. The Labute approximate surface area is 111 Å². The number of non-ortho nitro benzene ring substituents is 1. The lowest BCUT2D eigenvalue weighted by molar-refractivity contribution is -0.394. The van der Waals surface area contributed by atoms with Crippen molar-refractivity contribution in [2.24, 2.45) is 0 Å². The molecule has 0 saturated heterocycles. The van der Waals surface area contributed by atoms with Crippen LogP contribution >= 0.6 is 0 Å². The van der Waals surface area contributed by atoms with Crippen molar-refractivity contribution >= 4 is 17.7 Å². The van der Waals surface area contributed by atoms with Crippen molar-refractivity contribution in [2.75, 3.05) is 0 Å². The monoisotopic (exact) mass is 276 g/mol. The van der Waals surface area contributed by atoms with Crippen molar-refractivity contribution in [3.05, 3.63) is 62.2 Å². The summed E-state index contributed by atoms with van der Waals surface area (Å²) in [4.78, 5) is 34.7. The van der Waals surface area contributed by atoms with E-state index in [2.05, 4.69) is 4.98 Å². The molecule has 1 heterocycles. The first-order valence-corrected chi connectivity index (χ1v) is 5.41. The molecule has 0 amide bonds. The quantitative estimate of drug-likeness (QED) is 0.464. The molecule has 0 unspecified atom stereocenters. The Kier molecular flexibility index (Phi) is 3.51. The van der Waals surface area contributed by atoms with Crippen molar-refractivity contribution in [3.8, 4) is 0 Å². The van der Waals surface area contributed by atoms with Gasteiger partial charge in [-0.3, -0.25) is 25.0 Å². The first-order valence-electron chi connectivity index (χ1n) is 5.41. The van der Waals surface area contributed by atoms with Crippen LogP contribution in [0.5, 0.6) is 0 Å². The van der Waals surface area contributed by atoms with Crippen molar-refractivity contribution in [3.63, 3.8) is 0 Å². The standard InChI is InChI=1S/C11H8N4O5/c16-7-11-12-3-4-13(11)6-8-1-2-9(14(17)18)5-10(8)15(19)20/h1-5,7H,6H2. The van der Waals surface area contributed by atoms with Crippen molar-refractivity contribution in [1.82, 2.24) is 9.55 Å². The molecule has 9 nitrogen and oxygen atoms in total.